The van der Waals surface area contributed by atoms with Crippen LogP contribution in [0.3, 0.4) is 0 Å². The third-order valence-corrected chi connectivity index (χ3v) is 1.44. The molecule has 0 amide bonds. The van der Waals surface area contributed by atoms with E-state index in [4.69, 9.17) is 4.42 Å². The van der Waals surface area contributed by atoms with Gasteiger partial charge >= 0.3 is 0 Å². The van der Waals surface area contributed by atoms with E-state index in [2.05, 4.69) is 25.0 Å². The van der Waals surface area contributed by atoms with Crippen molar-refractivity contribution in [1.29, 1.82) is 0 Å². The van der Waals surface area contributed by atoms with Gasteiger partial charge in [0, 0.05) is 5.92 Å². The zero-order chi connectivity index (χ0) is 6.69. The van der Waals surface area contributed by atoms with Crippen LogP contribution < -0.4 is 0 Å². The lowest BCUT2D eigenvalue weighted by atomic mass is 10.1. The second kappa shape index (κ2) is 2.67. The molecule has 0 aliphatic carbocycles. The van der Waals surface area contributed by atoms with Gasteiger partial charge in [-0.15, -0.1) is 0 Å². The van der Waals surface area contributed by atoms with E-state index >= 15 is 0 Å². The minimum atomic E-state index is 0.427. The second-order valence-electron chi connectivity index (χ2n) is 2.12. The first-order valence-electron chi connectivity index (χ1n) is 3.16. The number of hydrogen-bond acceptors (Lipinski definition) is 2. The number of oxazole rings is 1. The smallest absolute Gasteiger partial charge is 0.197 e. The van der Waals surface area contributed by atoms with Crippen LogP contribution in [-0.4, -0.2) is 4.98 Å². The monoisotopic (exact) mass is 124 g/mol. The first kappa shape index (κ1) is 6.33. The molecule has 0 fully saturated rings. The van der Waals surface area contributed by atoms with Crippen molar-refractivity contribution in [2.75, 3.05) is 0 Å². The topological polar surface area (TPSA) is 26.0 Å². The van der Waals surface area contributed by atoms with Gasteiger partial charge in [0.25, 0.3) is 0 Å². The summed E-state index contributed by atoms with van der Waals surface area (Å²) in [6.07, 6.45) is 5.18. The van der Waals surface area contributed by atoms with Crippen LogP contribution in [0.4, 0.5) is 0 Å². The molecule has 1 unspecified atom stereocenters. The first-order valence-corrected chi connectivity index (χ1v) is 3.16. The summed E-state index contributed by atoms with van der Waals surface area (Å²) in [6.45, 7) is 4.19. The lowest BCUT2D eigenvalue weighted by Crippen LogP contribution is -1.89. The molecule has 0 aromatic carbocycles. The van der Waals surface area contributed by atoms with E-state index in [1.807, 2.05) is 0 Å². The number of rotatable bonds is 2. The summed E-state index contributed by atoms with van der Waals surface area (Å²) in [5.74, 6) is 1.22. The molecule has 1 aromatic heterocycles. The lowest BCUT2D eigenvalue weighted by Gasteiger charge is -1.99. The van der Waals surface area contributed by atoms with Crippen molar-refractivity contribution in [1.82, 2.24) is 4.98 Å². The van der Waals surface area contributed by atoms with E-state index in [1.165, 1.54) is 6.26 Å². The lowest BCUT2D eigenvalue weighted by molar-refractivity contribution is 0.453. The standard InChI is InChI=1S/C7H10NO/c1-3-6(2)7-8-4-5-9-7/h5-6H,3H2,1-2H3. The zero-order valence-electron chi connectivity index (χ0n) is 5.72. The zero-order valence-corrected chi connectivity index (χ0v) is 5.72. The molecule has 0 saturated carbocycles. The van der Waals surface area contributed by atoms with Crippen LogP contribution in [0.5, 0.6) is 0 Å². The van der Waals surface area contributed by atoms with Gasteiger partial charge in [-0.1, -0.05) is 13.8 Å². The Balaban J connectivity index is 2.65. The molecule has 1 aromatic rings. The Morgan fingerprint density at radius 2 is 2.67 bits per heavy atom. The third-order valence-electron chi connectivity index (χ3n) is 1.44. The molecular formula is C7H10NO. The number of hydrogen-bond donors (Lipinski definition) is 0. The largest absolute Gasteiger partial charge is 0.448 e. The van der Waals surface area contributed by atoms with Crippen molar-refractivity contribution in [2.24, 2.45) is 0 Å². The molecule has 1 rings (SSSR count). The van der Waals surface area contributed by atoms with Gasteiger partial charge in [-0.25, -0.2) is 4.98 Å². The summed E-state index contributed by atoms with van der Waals surface area (Å²) in [4.78, 5) is 3.90. The van der Waals surface area contributed by atoms with Gasteiger partial charge in [0.2, 0.25) is 0 Å². The maximum absolute atomic E-state index is 5.02. The summed E-state index contributed by atoms with van der Waals surface area (Å²) < 4.78 is 5.02. The second-order valence-corrected chi connectivity index (χ2v) is 2.12. The molecule has 2 nitrogen and oxygen atoms in total. The molecule has 49 valence electrons. The molecule has 0 bridgehead atoms. The van der Waals surface area contributed by atoms with Crippen LogP contribution in [0.25, 0.3) is 0 Å². The summed E-state index contributed by atoms with van der Waals surface area (Å²) >= 11 is 0. The molecule has 0 spiro atoms. The maximum Gasteiger partial charge on any atom is 0.197 e. The average molecular weight is 124 g/mol. The van der Waals surface area contributed by atoms with Crippen molar-refractivity contribution in [3.8, 4) is 0 Å². The first-order chi connectivity index (χ1) is 4.34. The molecule has 1 atom stereocenters. The normalized spacial score (nSPS) is 13.6. The van der Waals surface area contributed by atoms with Crippen molar-refractivity contribution in [3.63, 3.8) is 0 Å². The Kier molecular flexibility index (Phi) is 1.88. The van der Waals surface area contributed by atoms with E-state index < -0.39 is 0 Å². The molecular weight excluding hydrogens is 114 g/mol. The summed E-state index contributed by atoms with van der Waals surface area (Å²) in [5.41, 5.74) is 0. The van der Waals surface area contributed by atoms with Crippen molar-refractivity contribution < 1.29 is 4.42 Å². The highest BCUT2D eigenvalue weighted by atomic mass is 16.3. The van der Waals surface area contributed by atoms with Crippen molar-refractivity contribution >= 4 is 0 Å². The van der Waals surface area contributed by atoms with Crippen LogP contribution in [0.2, 0.25) is 0 Å². The fourth-order valence-corrected chi connectivity index (χ4v) is 0.604. The molecule has 1 radical (unpaired) electrons. The van der Waals surface area contributed by atoms with Gasteiger partial charge in [-0.05, 0) is 6.42 Å². The summed E-state index contributed by atoms with van der Waals surface area (Å²) in [6, 6.07) is 0. The van der Waals surface area contributed by atoms with Crippen molar-refractivity contribution in [3.05, 3.63) is 18.4 Å². The van der Waals surface area contributed by atoms with Crippen LogP contribution in [-0.2, 0) is 0 Å². The van der Waals surface area contributed by atoms with E-state index in [0.717, 1.165) is 12.3 Å². The number of aromatic nitrogens is 1. The van der Waals surface area contributed by atoms with Crippen LogP contribution in [0.15, 0.2) is 10.7 Å². The van der Waals surface area contributed by atoms with E-state index in [9.17, 15) is 0 Å². The Bertz CT molecular complexity index is 157. The summed E-state index contributed by atoms with van der Waals surface area (Å²) in [5, 5.41) is 0. The highest BCUT2D eigenvalue weighted by Crippen LogP contribution is 2.14. The Hall–Kier alpha value is -0.790. The van der Waals surface area contributed by atoms with E-state index in [0.29, 0.717) is 5.92 Å². The van der Waals surface area contributed by atoms with Crippen LogP contribution in [0, 0.1) is 6.20 Å². The number of nitrogens with zero attached hydrogens (tertiary/aromatic N) is 1. The maximum atomic E-state index is 5.02. The van der Waals surface area contributed by atoms with E-state index in [-0.39, 0.29) is 0 Å². The molecule has 0 saturated heterocycles. The highest BCUT2D eigenvalue weighted by molar-refractivity contribution is 4.86. The molecule has 0 aliphatic rings. The van der Waals surface area contributed by atoms with Gasteiger partial charge in [-0.3, -0.25) is 0 Å². The van der Waals surface area contributed by atoms with Crippen molar-refractivity contribution in [2.45, 2.75) is 26.2 Å². The molecule has 9 heavy (non-hydrogen) atoms. The minimum absolute atomic E-state index is 0.427. The van der Waals surface area contributed by atoms with Gasteiger partial charge in [0.05, 0.1) is 0 Å². The fraction of sp³-hybridized carbons (Fsp3) is 0.571. The Morgan fingerprint density at radius 1 is 1.89 bits per heavy atom. The quantitative estimate of drug-likeness (QED) is 0.602. The molecule has 0 N–H and O–H groups in total. The molecule has 1 heterocycles. The van der Waals surface area contributed by atoms with Gasteiger partial charge < -0.3 is 4.42 Å². The molecule has 2 heteroatoms. The van der Waals surface area contributed by atoms with Gasteiger partial charge in [0.15, 0.2) is 5.89 Å². The Morgan fingerprint density at radius 3 is 3.11 bits per heavy atom. The average Bonchev–Trinajstić information content (AvgIpc) is 2.37. The predicted octanol–water partition coefficient (Wildman–Crippen LogP) is 1.99. The van der Waals surface area contributed by atoms with Crippen LogP contribution >= 0.6 is 0 Å². The highest BCUT2D eigenvalue weighted by Gasteiger charge is 2.05. The predicted molar refractivity (Wildman–Crippen MR) is 34.0 cm³/mol. The van der Waals surface area contributed by atoms with Crippen LogP contribution in [0.1, 0.15) is 32.1 Å². The van der Waals surface area contributed by atoms with Gasteiger partial charge in [0.1, 0.15) is 12.5 Å². The summed E-state index contributed by atoms with van der Waals surface area (Å²) in [7, 11) is 0. The fourth-order valence-electron chi connectivity index (χ4n) is 0.604. The Labute approximate surface area is 54.9 Å². The molecule has 0 aliphatic heterocycles. The van der Waals surface area contributed by atoms with Gasteiger partial charge in [-0.2, -0.15) is 0 Å². The minimum Gasteiger partial charge on any atom is -0.448 e. The van der Waals surface area contributed by atoms with E-state index in [1.54, 1.807) is 0 Å². The SMILES string of the molecule is CCC(C)c1n[c]co1. The third kappa shape index (κ3) is 1.31.